The van der Waals surface area contributed by atoms with Gasteiger partial charge < -0.3 is 10.1 Å². The summed E-state index contributed by atoms with van der Waals surface area (Å²) in [5, 5.41) is 5.67. The Balaban J connectivity index is 1.53. The van der Waals surface area contributed by atoms with Crippen LogP contribution in [0, 0.1) is 6.92 Å². The second-order valence-electron chi connectivity index (χ2n) is 7.10. The number of fused-ring (bicyclic) bond motifs is 1. The number of aryl methyl sites for hydroxylation is 1. The molecule has 1 heterocycles. The standard InChI is InChI=1S/C24H19N3O4S/c1-14-7-3-4-8-16(14)21(28)26-24(32)25-15-11-12-19(20(13-15)31-2)27-22(29)17-9-5-6-10-18(17)23(27)30/h3-13H,1-2H3,(H2,25,26,28,32). The van der Waals surface area contributed by atoms with E-state index in [0.29, 0.717) is 33.8 Å². The number of imide groups is 1. The molecule has 160 valence electrons. The lowest BCUT2D eigenvalue weighted by Crippen LogP contribution is -2.34. The van der Waals surface area contributed by atoms with Crippen LogP contribution in [0.2, 0.25) is 0 Å². The van der Waals surface area contributed by atoms with Gasteiger partial charge >= 0.3 is 0 Å². The maximum absolute atomic E-state index is 12.8. The van der Waals surface area contributed by atoms with E-state index < -0.39 is 11.8 Å². The Morgan fingerprint density at radius 1 is 0.938 bits per heavy atom. The fourth-order valence-electron chi connectivity index (χ4n) is 3.51. The monoisotopic (exact) mass is 445 g/mol. The van der Waals surface area contributed by atoms with Crippen molar-refractivity contribution in [2.75, 3.05) is 17.3 Å². The first-order chi connectivity index (χ1) is 15.4. The molecule has 0 fully saturated rings. The van der Waals surface area contributed by atoms with Gasteiger partial charge in [-0.25, -0.2) is 4.90 Å². The van der Waals surface area contributed by atoms with Gasteiger partial charge in [-0.15, -0.1) is 0 Å². The fraction of sp³-hybridized carbons (Fsp3) is 0.0833. The number of hydrogen-bond donors (Lipinski definition) is 2. The molecule has 7 nitrogen and oxygen atoms in total. The van der Waals surface area contributed by atoms with Crippen LogP contribution >= 0.6 is 12.2 Å². The number of nitrogens with one attached hydrogen (secondary N) is 2. The maximum Gasteiger partial charge on any atom is 0.266 e. The summed E-state index contributed by atoms with van der Waals surface area (Å²) in [7, 11) is 1.44. The molecule has 0 saturated heterocycles. The van der Waals surface area contributed by atoms with E-state index in [1.807, 2.05) is 19.1 Å². The van der Waals surface area contributed by atoms with Gasteiger partial charge in [-0.3, -0.25) is 19.7 Å². The molecule has 1 aliphatic rings. The summed E-state index contributed by atoms with van der Waals surface area (Å²) in [5.41, 5.74) is 2.90. The summed E-state index contributed by atoms with van der Waals surface area (Å²) < 4.78 is 5.42. The van der Waals surface area contributed by atoms with E-state index in [-0.39, 0.29) is 11.0 Å². The SMILES string of the molecule is COc1cc(NC(=S)NC(=O)c2ccccc2C)ccc1N1C(=O)c2ccccc2C1=O. The number of carbonyl (C=O) groups is 3. The number of amides is 3. The molecule has 0 spiro atoms. The number of rotatable bonds is 4. The van der Waals surface area contributed by atoms with Crippen molar-refractivity contribution in [2.45, 2.75) is 6.92 Å². The summed E-state index contributed by atoms with van der Waals surface area (Å²) in [6, 6.07) is 18.7. The van der Waals surface area contributed by atoms with Crippen molar-refractivity contribution in [3.63, 3.8) is 0 Å². The van der Waals surface area contributed by atoms with Crippen molar-refractivity contribution >= 4 is 46.4 Å². The van der Waals surface area contributed by atoms with Gasteiger partial charge in [-0.1, -0.05) is 30.3 Å². The zero-order chi connectivity index (χ0) is 22.8. The number of anilines is 2. The quantitative estimate of drug-likeness (QED) is 0.467. The molecule has 0 saturated carbocycles. The molecule has 3 aromatic carbocycles. The molecular formula is C24H19N3O4S. The normalized spacial score (nSPS) is 12.4. The van der Waals surface area contributed by atoms with E-state index in [0.717, 1.165) is 10.5 Å². The number of thiocarbonyl (C=S) groups is 1. The maximum atomic E-state index is 12.8. The molecule has 0 radical (unpaired) electrons. The summed E-state index contributed by atoms with van der Waals surface area (Å²) in [5.74, 6) is -0.844. The molecular weight excluding hydrogens is 426 g/mol. The predicted molar refractivity (Wildman–Crippen MR) is 125 cm³/mol. The lowest BCUT2D eigenvalue weighted by atomic mass is 10.1. The first kappa shape index (κ1) is 21.2. The van der Waals surface area contributed by atoms with Crippen molar-refractivity contribution in [3.05, 3.63) is 89.0 Å². The summed E-state index contributed by atoms with van der Waals surface area (Å²) in [4.78, 5) is 39.1. The molecule has 0 unspecified atom stereocenters. The highest BCUT2D eigenvalue weighted by atomic mass is 32.1. The third-order valence-electron chi connectivity index (χ3n) is 5.09. The molecule has 4 rings (SSSR count). The second-order valence-corrected chi connectivity index (χ2v) is 7.51. The summed E-state index contributed by atoms with van der Waals surface area (Å²) in [6.45, 7) is 1.84. The van der Waals surface area contributed by atoms with E-state index in [2.05, 4.69) is 10.6 Å². The van der Waals surface area contributed by atoms with Gasteiger partial charge in [0, 0.05) is 17.3 Å². The van der Waals surface area contributed by atoms with Gasteiger partial charge in [0.1, 0.15) is 5.75 Å². The first-order valence-electron chi connectivity index (χ1n) is 9.74. The molecule has 0 aliphatic carbocycles. The van der Waals surface area contributed by atoms with E-state index in [1.165, 1.54) is 7.11 Å². The van der Waals surface area contributed by atoms with Crippen molar-refractivity contribution < 1.29 is 19.1 Å². The third kappa shape index (κ3) is 3.83. The van der Waals surface area contributed by atoms with Crippen molar-refractivity contribution in [2.24, 2.45) is 0 Å². The van der Waals surface area contributed by atoms with Gasteiger partial charge in [-0.2, -0.15) is 0 Å². The average Bonchev–Trinajstić information content (AvgIpc) is 3.04. The molecule has 0 atom stereocenters. The molecule has 32 heavy (non-hydrogen) atoms. The second kappa shape index (κ2) is 8.60. The molecule has 0 aromatic heterocycles. The predicted octanol–water partition coefficient (Wildman–Crippen LogP) is 3.93. The van der Waals surface area contributed by atoms with Crippen LogP contribution in [0.4, 0.5) is 11.4 Å². The molecule has 0 bridgehead atoms. The summed E-state index contributed by atoms with van der Waals surface area (Å²) >= 11 is 5.26. The topological polar surface area (TPSA) is 87.7 Å². The summed E-state index contributed by atoms with van der Waals surface area (Å²) in [6.07, 6.45) is 0. The Bertz CT molecular complexity index is 1240. The number of nitrogens with zero attached hydrogens (tertiary/aromatic N) is 1. The molecule has 3 amide bonds. The highest BCUT2D eigenvalue weighted by Gasteiger charge is 2.37. The van der Waals surface area contributed by atoms with Crippen molar-refractivity contribution in [3.8, 4) is 5.75 Å². The van der Waals surface area contributed by atoms with E-state index in [9.17, 15) is 14.4 Å². The van der Waals surface area contributed by atoms with Crippen LogP contribution in [0.3, 0.4) is 0 Å². The number of methoxy groups -OCH3 is 1. The van der Waals surface area contributed by atoms with Crippen LogP contribution in [0.25, 0.3) is 0 Å². The average molecular weight is 446 g/mol. The number of ether oxygens (including phenoxy) is 1. The van der Waals surface area contributed by atoms with Crippen LogP contribution in [0.1, 0.15) is 36.6 Å². The minimum Gasteiger partial charge on any atom is -0.494 e. The lowest BCUT2D eigenvalue weighted by Gasteiger charge is -2.19. The molecule has 2 N–H and O–H groups in total. The van der Waals surface area contributed by atoms with E-state index in [4.69, 9.17) is 17.0 Å². The highest BCUT2D eigenvalue weighted by Crippen LogP contribution is 2.36. The number of carbonyl (C=O) groups excluding carboxylic acids is 3. The van der Waals surface area contributed by atoms with Crippen LogP contribution in [0.5, 0.6) is 5.75 Å². The zero-order valence-electron chi connectivity index (χ0n) is 17.3. The van der Waals surface area contributed by atoms with Crippen molar-refractivity contribution in [1.29, 1.82) is 0 Å². The fourth-order valence-corrected chi connectivity index (χ4v) is 3.72. The van der Waals surface area contributed by atoms with Crippen LogP contribution in [-0.4, -0.2) is 29.9 Å². The Morgan fingerprint density at radius 2 is 1.56 bits per heavy atom. The smallest absolute Gasteiger partial charge is 0.266 e. The molecule has 3 aromatic rings. The Labute approximate surface area is 190 Å². The Kier molecular flexibility index (Phi) is 5.70. The minimum absolute atomic E-state index is 0.105. The van der Waals surface area contributed by atoms with Gasteiger partial charge in [-0.05, 0) is 55.0 Å². The largest absolute Gasteiger partial charge is 0.494 e. The molecule has 8 heteroatoms. The van der Waals surface area contributed by atoms with Gasteiger partial charge in [0.05, 0.1) is 23.9 Å². The van der Waals surface area contributed by atoms with E-state index in [1.54, 1.807) is 54.6 Å². The van der Waals surface area contributed by atoms with Crippen LogP contribution < -0.4 is 20.3 Å². The van der Waals surface area contributed by atoms with Crippen molar-refractivity contribution in [1.82, 2.24) is 5.32 Å². The third-order valence-corrected chi connectivity index (χ3v) is 5.29. The van der Waals surface area contributed by atoms with Crippen LogP contribution in [0.15, 0.2) is 66.7 Å². The Hall–Kier alpha value is -4.04. The van der Waals surface area contributed by atoms with Gasteiger partial charge in [0.2, 0.25) is 0 Å². The van der Waals surface area contributed by atoms with Crippen LogP contribution in [-0.2, 0) is 0 Å². The van der Waals surface area contributed by atoms with E-state index >= 15 is 0 Å². The zero-order valence-corrected chi connectivity index (χ0v) is 18.2. The number of hydrogen-bond acceptors (Lipinski definition) is 5. The lowest BCUT2D eigenvalue weighted by molar-refractivity contribution is 0.0922. The Morgan fingerprint density at radius 3 is 2.19 bits per heavy atom. The highest BCUT2D eigenvalue weighted by molar-refractivity contribution is 7.80. The number of benzene rings is 3. The van der Waals surface area contributed by atoms with Gasteiger partial charge in [0.25, 0.3) is 17.7 Å². The van der Waals surface area contributed by atoms with Gasteiger partial charge in [0.15, 0.2) is 5.11 Å². The molecule has 1 aliphatic heterocycles. The first-order valence-corrected chi connectivity index (χ1v) is 10.2. The minimum atomic E-state index is -0.411.